The van der Waals surface area contributed by atoms with Gasteiger partial charge in [0.15, 0.2) is 5.88 Å². The summed E-state index contributed by atoms with van der Waals surface area (Å²) in [7, 11) is 0. The zero-order valence-corrected chi connectivity index (χ0v) is 12.3. The Balaban J connectivity index is 1.40. The fourth-order valence-electron chi connectivity index (χ4n) is 5.67. The molecular formula is C17H26N2O. The molecule has 4 fully saturated rings. The molecule has 20 heavy (non-hydrogen) atoms. The highest BCUT2D eigenvalue weighted by Gasteiger charge is 2.49. The van der Waals surface area contributed by atoms with E-state index in [0.29, 0.717) is 11.9 Å². The lowest BCUT2D eigenvalue weighted by Gasteiger charge is -2.56. The van der Waals surface area contributed by atoms with Crippen LogP contribution in [-0.2, 0) is 6.54 Å². The molecule has 110 valence electrons. The van der Waals surface area contributed by atoms with Crippen LogP contribution in [0.25, 0.3) is 0 Å². The lowest BCUT2D eigenvalue weighted by molar-refractivity contribution is -0.0496. The van der Waals surface area contributed by atoms with E-state index < -0.39 is 0 Å². The highest BCUT2D eigenvalue weighted by molar-refractivity contribution is 5.25. The predicted molar refractivity (Wildman–Crippen MR) is 80.0 cm³/mol. The highest BCUT2D eigenvalue weighted by atomic mass is 16.4. The summed E-state index contributed by atoms with van der Waals surface area (Å²) in [5.74, 6) is 6.44. The van der Waals surface area contributed by atoms with E-state index in [-0.39, 0.29) is 0 Å². The SMILES string of the molecule is CC(NCc1ccc(N)o1)C1C2CC3CC(C2)CC1C3. The molecule has 1 aromatic heterocycles. The van der Waals surface area contributed by atoms with Crippen molar-refractivity contribution in [3.8, 4) is 0 Å². The van der Waals surface area contributed by atoms with Crippen LogP contribution in [0.2, 0.25) is 0 Å². The number of nitrogens with two attached hydrogens (primary N) is 1. The van der Waals surface area contributed by atoms with Crippen LogP contribution in [0.3, 0.4) is 0 Å². The monoisotopic (exact) mass is 274 g/mol. The Morgan fingerprint density at radius 2 is 1.80 bits per heavy atom. The largest absolute Gasteiger partial charge is 0.445 e. The second kappa shape index (κ2) is 4.80. The van der Waals surface area contributed by atoms with Gasteiger partial charge < -0.3 is 15.5 Å². The molecule has 4 saturated carbocycles. The zero-order chi connectivity index (χ0) is 13.7. The van der Waals surface area contributed by atoms with Crippen LogP contribution in [0.15, 0.2) is 16.5 Å². The molecule has 3 heteroatoms. The Labute approximate surface area is 121 Å². The average molecular weight is 274 g/mol. The van der Waals surface area contributed by atoms with Crippen molar-refractivity contribution in [3.05, 3.63) is 17.9 Å². The molecule has 1 atom stereocenters. The van der Waals surface area contributed by atoms with E-state index in [4.69, 9.17) is 10.2 Å². The minimum absolute atomic E-state index is 0.518. The molecule has 3 nitrogen and oxygen atoms in total. The van der Waals surface area contributed by atoms with E-state index in [0.717, 1.165) is 41.9 Å². The van der Waals surface area contributed by atoms with Gasteiger partial charge in [0.25, 0.3) is 0 Å². The summed E-state index contributed by atoms with van der Waals surface area (Å²) in [5, 5.41) is 3.69. The molecule has 1 heterocycles. The van der Waals surface area contributed by atoms with Gasteiger partial charge in [-0.25, -0.2) is 0 Å². The van der Waals surface area contributed by atoms with Crippen molar-refractivity contribution in [2.45, 2.75) is 51.6 Å². The minimum Gasteiger partial charge on any atom is -0.445 e. The fourth-order valence-corrected chi connectivity index (χ4v) is 5.67. The molecule has 0 amide bonds. The highest BCUT2D eigenvalue weighted by Crippen LogP contribution is 2.57. The van der Waals surface area contributed by atoms with Gasteiger partial charge in [-0.2, -0.15) is 0 Å². The molecule has 4 bridgehead atoms. The van der Waals surface area contributed by atoms with Crippen LogP contribution in [0.4, 0.5) is 5.88 Å². The Kier molecular flexibility index (Phi) is 3.06. The van der Waals surface area contributed by atoms with E-state index >= 15 is 0 Å². The quantitative estimate of drug-likeness (QED) is 0.884. The molecule has 3 N–H and O–H groups in total. The first-order chi connectivity index (χ1) is 9.69. The van der Waals surface area contributed by atoms with Gasteiger partial charge in [-0.3, -0.25) is 0 Å². The van der Waals surface area contributed by atoms with E-state index in [1.807, 2.05) is 12.1 Å². The van der Waals surface area contributed by atoms with Crippen molar-refractivity contribution in [2.24, 2.45) is 29.6 Å². The Bertz CT molecular complexity index is 453. The van der Waals surface area contributed by atoms with Gasteiger partial charge >= 0.3 is 0 Å². The second-order valence-corrected chi connectivity index (χ2v) is 7.48. The third-order valence-electron chi connectivity index (χ3n) is 6.16. The number of anilines is 1. The summed E-state index contributed by atoms with van der Waals surface area (Å²) in [5.41, 5.74) is 5.63. The Morgan fingerprint density at radius 1 is 1.15 bits per heavy atom. The standard InChI is InChI=1S/C17H26N2O/c1-10(19-9-15-2-3-16(18)20-15)17-13-5-11-4-12(7-13)8-14(17)6-11/h2-3,10-14,17,19H,4-9,18H2,1H3. The van der Waals surface area contributed by atoms with Gasteiger partial charge in [0.2, 0.25) is 0 Å². The van der Waals surface area contributed by atoms with E-state index in [2.05, 4.69) is 12.2 Å². The number of hydrogen-bond acceptors (Lipinski definition) is 3. The summed E-state index contributed by atoms with van der Waals surface area (Å²) in [6.45, 7) is 3.18. The normalized spacial score (nSPS) is 40.1. The summed E-state index contributed by atoms with van der Waals surface area (Å²) in [6.07, 6.45) is 7.52. The molecule has 4 aliphatic rings. The van der Waals surface area contributed by atoms with Crippen LogP contribution in [-0.4, -0.2) is 6.04 Å². The van der Waals surface area contributed by atoms with Crippen molar-refractivity contribution < 1.29 is 4.42 Å². The molecule has 0 aromatic carbocycles. The number of hydrogen-bond donors (Lipinski definition) is 2. The third-order valence-corrected chi connectivity index (χ3v) is 6.16. The summed E-state index contributed by atoms with van der Waals surface area (Å²) < 4.78 is 5.45. The first kappa shape index (κ1) is 12.8. The molecule has 0 radical (unpaired) electrons. The molecule has 0 aliphatic heterocycles. The minimum atomic E-state index is 0.518. The average Bonchev–Trinajstić information content (AvgIpc) is 2.81. The predicted octanol–water partition coefficient (Wildman–Crippen LogP) is 3.41. The van der Waals surface area contributed by atoms with E-state index in [1.165, 1.54) is 32.1 Å². The Hall–Kier alpha value is -0.960. The van der Waals surface area contributed by atoms with Gasteiger partial charge in [-0.1, -0.05) is 0 Å². The summed E-state index contributed by atoms with van der Waals surface area (Å²) >= 11 is 0. The third kappa shape index (κ3) is 2.16. The fraction of sp³-hybridized carbons (Fsp3) is 0.765. The van der Waals surface area contributed by atoms with Gasteiger partial charge in [0.05, 0.1) is 6.54 Å². The van der Waals surface area contributed by atoms with Crippen molar-refractivity contribution in [3.63, 3.8) is 0 Å². The lowest BCUT2D eigenvalue weighted by atomic mass is 9.50. The van der Waals surface area contributed by atoms with Crippen molar-refractivity contribution in [2.75, 3.05) is 5.73 Å². The summed E-state index contributed by atoms with van der Waals surface area (Å²) in [6, 6.07) is 4.41. The molecule has 0 saturated heterocycles. The first-order valence-electron chi connectivity index (χ1n) is 8.26. The maximum absolute atomic E-state index is 5.63. The van der Waals surface area contributed by atoms with Gasteiger partial charge in [0.1, 0.15) is 5.76 Å². The van der Waals surface area contributed by atoms with Crippen LogP contribution in [0.5, 0.6) is 0 Å². The van der Waals surface area contributed by atoms with Crippen LogP contribution in [0.1, 0.15) is 44.8 Å². The van der Waals surface area contributed by atoms with E-state index in [1.54, 1.807) is 0 Å². The number of nitrogens with one attached hydrogen (secondary N) is 1. The molecule has 4 aliphatic carbocycles. The van der Waals surface area contributed by atoms with Crippen LogP contribution >= 0.6 is 0 Å². The first-order valence-corrected chi connectivity index (χ1v) is 8.26. The van der Waals surface area contributed by atoms with Crippen LogP contribution < -0.4 is 11.1 Å². The molecule has 1 unspecified atom stereocenters. The summed E-state index contributed by atoms with van der Waals surface area (Å²) in [4.78, 5) is 0. The van der Waals surface area contributed by atoms with Crippen LogP contribution in [0, 0.1) is 29.6 Å². The van der Waals surface area contributed by atoms with Gasteiger partial charge in [-0.15, -0.1) is 0 Å². The molecular weight excluding hydrogens is 248 g/mol. The zero-order valence-electron chi connectivity index (χ0n) is 12.3. The number of rotatable bonds is 4. The second-order valence-electron chi connectivity index (χ2n) is 7.48. The number of furan rings is 1. The molecule has 0 spiro atoms. The maximum Gasteiger partial charge on any atom is 0.190 e. The lowest BCUT2D eigenvalue weighted by Crippen LogP contribution is -2.51. The van der Waals surface area contributed by atoms with Crippen molar-refractivity contribution >= 4 is 5.88 Å². The van der Waals surface area contributed by atoms with Gasteiger partial charge in [0, 0.05) is 12.1 Å². The van der Waals surface area contributed by atoms with Gasteiger partial charge in [-0.05, 0) is 74.7 Å². The van der Waals surface area contributed by atoms with Crippen molar-refractivity contribution in [1.82, 2.24) is 5.32 Å². The molecule has 1 aromatic rings. The Morgan fingerprint density at radius 3 is 2.35 bits per heavy atom. The number of nitrogen functional groups attached to an aromatic ring is 1. The smallest absolute Gasteiger partial charge is 0.190 e. The van der Waals surface area contributed by atoms with Crippen molar-refractivity contribution in [1.29, 1.82) is 0 Å². The maximum atomic E-state index is 5.63. The molecule has 5 rings (SSSR count). The van der Waals surface area contributed by atoms with E-state index in [9.17, 15) is 0 Å². The topological polar surface area (TPSA) is 51.2 Å².